The van der Waals surface area contributed by atoms with Gasteiger partial charge in [-0.2, -0.15) is 4.98 Å². The van der Waals surface area contributed by atoms with Crippen LogP contribution in [0.3, 0.4) is 0 Å². The molecule has 3 rings (SSSR count). The molecule has 1 atom stereocenters. The summed E-state index contributed by atoms with van der Waals surface area (Å²) in [6, 6.07) is 0. The Morgan fingerprint density at radius 2 is 2.00 bits per heavy atom. The maximum Gasteiger partial charge on any atom is 0.234 e. The molecule has 0 spiro atoms. The number of anilines is 1. The standard InChI is InChI=1S/C17H27N3O2/c1-2-21-12-15-7-8-20(11-15)16-9-18-10-17(19-16)22-13-14-5-3-4-6-14/h9-10,14-15H,2-8,11-13H2,1H3. The SMILES string of the molecule is CCOCC1CCN(c2cncc(OCC3CCCC3)n2)C1. The lowest BCUT2D eigenvalue weighted by atomic mass is 10.1. The Morgan fingerprint density at radius 3 is 2.82 bits per heavy atom. The Balaban J connectivity index is 1.52. The van der Waals surface area contributed by atoms with E-state index >= 15 is 0 Å². The first-order valence-electron chi connectivity index (χ1n) is 8.62. The van der Waals surface area contributed by atoms with Crippen molar-refractivity contribution in [3.05, 3.63) is 12.4 Å². The first-order chi connectivity index (χ1) is 10.8. The summed E-state index contributed by atoms with van der Waals surface area (Å²) in [7, 11) is 0. The molecule has 1 unspecified atom stereocenters. The Kier molecular flexibility index (Phi) is 5.48. The van der Waals surface area contributed by atoms with Gasteiger partial charge in [0.1, 0.15) is 0 Å². The van der Waals surface area contributed by atoms with Crippen LogP contribution in [0.5, 0.6) is 5.88 Å². The van der Waals surface area contributed by atoms with E-state index in [-0.39, 0.29) is 0 Å². The van der Waals surface area contributed by atoms with Crippen LogP contribution in [-0.4, -0.2) is 42.9 Å². The summed E-state index contributed by atoms with van der Waals surface area (Å²) in [5.74, 6) is 2.90. The van der Waals surface area contributed by atoms with Gasteiger partial charge in [-0.3, -0.25) is 4.98 Å². The third-order valence-electron chi connectivity index (χ3n) is 4.71. The summed E-state index contributed by atoms with van der Waals surface area (Å²) in [5, 5.41) is 0. The van der Waals surface area contributed by atoms with E-state index in [0.717, 1.165) is 45.1 Å². The van der Waals surface area contributed by atoms with Gasteiger partial charge in [-0.1, -0.05) is 12.8 Å². The lowest BCUT2D eigenvalue weighted by molar-refractivity contribution is 0.117. The van der Waals surface area contributed by atoms with Gasteiger partial charge >= 0.3 is 0 Å². The molecule has 5 heteroatoms. The molecule has 5 nitrogen and oxygen atoms in total. The molecule has 1 aromatic rings. The van der Waals surface area contributed by atoms with E-state index in [1.807, 2.05) is 13.1 Å². The van der Waals surface area contributed by atoms with Crippen molar-refractivity contribution >= 4 is 5.82 Å². The van der Waals surface area contributed by atoms with E-state index in [9.17, 15) is 0 Å². The first kappa shape index (κ1) is 15.5. The van der Waals surface area contributed by atoms with E-state index in [2.05, 4.69) is 14.9 Å². The van der Waals surface area contributed by atoms with Crippen LogP contribution in [-0.2, 0) is 4.74 Å². The minimum atomic E-state index is 0.602. The maximum atomic E-state index is 5.86. The normalized spacial score (nSPS) is 22.4. The van der Waals surface area contributed by atoms with Crippen LogP contribution in [0.25, 0.3) is 0 Å². The number of aromatic nitrogens is 2. The van der Waals surface area contributed by atoms with E-state index in [0.29, 0.717) is 17.7 Å². The number of ether oxygens (including phenoxy) is 2. The monoisotopic (exact) mass is 305 g/mol. The Labute approximate surface area is 133 Å². The van der Waals surface area contributed by atoms with Crippen molar-refractivity contribution in [1.29, 1.82) is 0 Å². The minimum absolute atomic E-state index is 0.602. The highest BCUT2D eigenvalue weighted by Gasteiger charge is 2.24. The van der Waals surface area contributed by atoms with Crippen LogP contribution < -0.4 is 9.64 Å². The molecule has 2 aliphatic rings. The third kappa shape index (κ3) is 4.09. The van der Waals surface area contributed by atoms with E-state index in [1.54, 1.807) is 6.20 Å². The Bertz CT molecular complexity index is 463. The van der Waals surface area contributed by atoms with Crippen molar-refractivity contribution in [3.8, 4) is 5.88 Å². The molecule has 0 N–H and O–H groups in total. The van der Waals surface area contributed by atoms with Gasteiger partial charge in [0.25, 0.3) is 0 Å². The molecular formula is C17H27N3O2. The summed E-state index contributed by atoms with van der Waals surface area (Å²) in [6.45, 7) is 6.49. The van der Waals surface area contributed by atoms with Gasteiger partial charge in [0.15, 0.2) is 5.82 Å². The van der Waals surface area contributed by atoms with Crippen molar-refractivity contribution in [3.63, 3.8) is 0 Å². The van der Waals surface area contributed by atoms with Gasteiger partial charge in [0, 0.05) is 25.6 Å². The van der Waals surface area contributed by atoms with E-state index < -0.39 is 0 Å². The summed E-state index contributed by atoms with van der Waals surface area (Å²) >= 11 is 0. The molecule has 1 saturated carbocycles. The average Bonchev–Trinajstić information content (AvgIpc) is 3.23. The first-order valence-corrected chi connectivity index (χ1v) is 8.62. The van der Waals surface area contributed by atoms with Crippen molar-refractivity contribution < 1.29 is 9.47 Å². The van der Waals surface area contributed by atoms with E-state index in [1.165, 1.54) is 25.7 Å². The summed E-state index contributed by atoms with van der Waals surface area (Å²) in [6.07, 6.45) is 9.99. The van der Waals surface area contributed by atoms with Crippen molar-refractivity contribution in [2.75, 3.05) is 37.8 Å². The average molecular weight is 305 g/mol. The van der Waals surface area contributed by atoms with Crippen LogP contribution in [0.15, 0.2) is 12.4 Å². The van der Waals surface area contributed by atoms with Crippen molar-refractivity contribution in [1.82, 2.24) is 9.97 Å². The molecule has 1 aliphatic heterocycles. The molecular weight excluding hydrogens is 278 g/mol. The highest BCUT2D eigenvalue weighted by molar-refractivity contribution is 5.38. The topological polar surface area (TPSA) is 47.5 Å². The summed E-state index contributed by atoms with van der Waals surface area (Å²) < 4.78 is 11.4. The molecule has 122 valence electrons. The Morgan fingerprint density at radius 1 is 1.14 bits per heavy atom. The Hall–Kier alpha value is -1.36. The fourth-order valence-corrected chi connectivity index (χ4v) is 3.40. The van der Waals surface area contributed by atoms with Gasteiger partial charge in [-0.15, -0.1) is 0 Å². The molecule has 0 radical (unpaired) electrons. The largest absolute Gasteiger partial charge is 0.476 e. The van der Waals surface area contributed by atoms with Gasteiger partial charge in [-0.05, 0) is 32.1 Å². The van der Waals surface area contributed by atoms with Gasteiger partial charge in [0.2, 0.25) is 5.88 Å². The molecule has 2 fully saturated rings. The molecule has 0 aromatic carbocycles. The van der Waals surface area contributed by atoms with Crippen molar-refractivity contribution in [2.24, 2.45) is 11.8 Å². The van der Waals surface area contributed by atoms with Gasteiger partial charge in [0.05, 0.1) is 25.6 Å². The molecule has 1 aromatic heterocycles. The second-order valence-electron chi connectivity index (χ2n) is 6.44. The molecule has 0 amide bonds. The zero-order chi connectivity index (χ0) is 15.2. The molecule has 1 saturated heterocycles. The van der Waals surface area contributed by atoms with Gasteiger partial charge in [-0.25, -0.2) is 0 Å². The maximum absolute atomic E-state index is 5.86. The summed E-state index contributed by atoms with van der Waals surface area (Å²) in [5.41, 5.74) is 0. The number of rotatable bonds is 7. The third-order valence-corrected chi connectivity index (χ3v) is 4.71. The smallest absolute Gasteiger partial charge is 0.234 e. The quantitative estimate of drug-likeness (QED) is 0.775. The molecule has 0 bridgehead atoms. The van der Waals surface area contributed by atoms with Crippen LogP contribution >= 0.6 is 0 Å². The lowest BCUT2D eigenvalue weighted by Gasteiger charge is -2.18. The predicted molar refractivity (Wildman–Crippen MR) is 86.3 cm³/mol. The fraction of sp³-hybridized carbons (Fsp3) is 0.765. The second kappa shape index (κ2) is 7.77. The highest BCUT2D eigenvalue weighted by atomic mass is 16.5. The van der Waals surface area contributed by atoms with Crippen LogP contribution in [0, 0.1) is 11.8 Å². The van der Waals surface area contributed by atoms with E-state index in [4.69, 9.17) is 9.47 Å². The van der Waals surface area contributed by atoms with Gasteiger partial charge < -0.3 is 14.4 Å². The number of nitrogens with zero attached hydrogens (tertiary/aromatic N) is 3. The zero-order valence-electron chi connectivity index (χ0n) is 13.5. The molecule has 22 heavy (non-hydrogen) atoms. The van der Waals surface area contributed by atoms with Crippen LogP contribution in [0.1, 0.15) is 39.0 Å². The summed E-state index contributed by atoms with van der Waals surface area (Å²) in [4.78, 5) is 11.2. The van der Waals surface area contributed by atoms with Crippen LogP contribution in [0.2, 0.25) is 0 Å². The minimum Gasteiger partial charge on any atom is -0.476 e. The van der Waals surface area contributed by atoms with Crippen molar-refractivity contribution in [2.45, 2.75) is 39.0 Å². The zero-order valence-corrected chi connectivity index (χ0v) is 13.5. The fourth-order valence-electron chi connectivity index (χ4n) is 3.40. The highest BCUT2D eigenvalue weighted by Crippen LogP contribution is 2.26. The second-order valence-corrected chi connectivity index (χ2v) is 6.44. The number of hydrogen-bond acceptors (Lipinski definition) is 5. The number of hydrogen-bond donors (Lipinski definition) is 0. The van der Waals surface area contributed by atoms with Crippen LogP contribution in [0.4, 0.5) is 5.82 Å². The molecule has 2 heterocycles. The predicted octanol–water partition coefficient (Wildman–Crippen LogP) is 2.91. The molecule has 1 aliphatic carbocycles. The lowest BCUT2D eigenvalue weighted by Crippen LogP contribution is -2.22.